The van der Waals surface area contributed by atoms with Crippen molar-refractivity contribution in [1.82, 2.24) is 19.9 Å². The van der Waals surface area contributed by atoms with Gasteiger partial charge >= 0.3 is 5.97 Å². The maximum Gasteiger partial charge on any atom is 0.358 e. The summed E-state index contributed by atoms with van der Waals surface area (Å²) in [4.78, 5) is 13.1. The Morgan fingerprint density at radius 2 is 2.10 bits per heavy atom. The molecule has 6 nitrogen and oxygen atoms in total. The van der Waals surface area contributed by atoms with Crippen LogP contribution in [0.15, 0.2) is 36.5 Å². The van der Waals surface area contributed by atoms with E-state index < -0.39 is 5.97 Å². The minimum Gasteiger partial charge on any atom is -0.476 e. The molecule has 0 amide bonds. The Balaban J connectivity index is 1.52. The average molecular weight is 286 g/mol. The first-order valence-electron chi connectivity index (χ1n) is 7.06. The maximum absolute atomic E-state index is 10.8. The number of aromatic carboxylic acids is 1. The van der Waals surface area contributed by atoms with Crippen molar-refractivity contribution in [2.45, 2.75) is 18.9 Å². The van der Waals surface area contributed by atoms with Crippen molar-refractivity contribution in [3.8, 4) is 0 Å². The third kappa shape index (κ3) is 2.95. The Bertz CT molecular complexity index is 620. The van der Waals surface area contributed by atoms with Gasteiger partial charge in [0.1, 0.15) is 0 Å². The highest BCUT2D eigenvalue weighted by molar-refractivity contribution is 5.84. The fourth-order valence-corrected chi connectivity index (χ4v) is 2.69. The van der Waals surface area contributed by atoms with E-state index in [2.05, 4.69) is 46.4 Å². The predicted octanol–water partition coefficient (Wildman–Crippen LogP) is 1.64. The second-order valence-corrected chi connectivity index (χ2v) is 5.57. The van der Waals surface area contributed by atoms with Gasteiger partial charge in [-0.1, -0.05) is 42.5 Å². The van der Waals surface area contributed by atoms with Crippen LogP contribution < -0.4 is 0 Å². The monoisotopic (exact) mass is 286 g/mol. The van der Waals surface area contributed by atoms with Crippen LogP contribution in [-0.2, 0) is 0 Å². The summed E-state index contributed by atoms with van der Waals surface area (Å²) in [5.41, 5.74) is 1.35. The molecule has 0 spiro atoms. The molecule has 2 aromatic rings. The number of carboxylic acids is 1. The third-order valence-electron chi connectivity index (χ3n) is 3.94. The predicted molar refractivity (Wildman–Crippen MR) is 77.3 cm³/mol. The number of carbonyl (C=O) groups is 1. The normalized spacial score (nSPS) is 17.4. The smallest absolute Gasteiger partial charge is 0.358 e. The van der Waals surface area contributed by atoms with Crippen LogP contribution in [-0.4, -0.2) is 50.6 Å². The zero-order valence-electron chi connectivity index (χ0n) is 11.9. The molecule has 1 saturated heterocycles. The van der Waals surface area contributed by atoms with Gasteiger partial charge in [-0.3, -0.25) is 4.90 Å². The van der Waals surface area contributed by atoms with E-state index in [0.717, 1.165) is 19.6 Å². The van der Waals surface area contributed by atoms with Crippen molar-refractivity contribution in [2.75, 3.05) is 19.6 Å². The molecule has 1 unspecified atom stereocenters. The van der Waals surface area contributed by atoms with Gasteiger partial charge in [-0.25, -0.2) is 9.48 Å². The lowest BCUT2D eigenvalue weighted by molar-refractivity contribution is 0.0690. The number of likely N-dealkylation sites (tertiary alicyclic amines) is 1. The molecule has 1 aliphatic rings. The van der Waals surface area contributed by atoms with Crippen LogP contribution in [0, 0.1) is 0 Å². The van der Waals surface area contributed by atoms with E-state index in [4.69, 9.17) is 5.11 Å². The molecule has 0 bridgehead atoms. The number of carboxylic acid groups (broad SMARTS) is 1. The van der Waals surface area contributed by atoms with E-state index in [0.29, 0.717) is 5.92 Å². The van der Waals surface area contributed by atoms with Gasteiger partial charge in [0, 0.05) is 19.6 Å². The van der Waals surface area contributed by atoms with E-state index >= 15 is 0 Å². The zero-order chi connectivity index (χ0) is 14.8. The quantitative estimate of drug-likeness (QED) is 0.904. The molecule has 0 aliphatic carbocycles. The highest BCUT2D eigenvalue weighted by Crippen LogP contribution is 2.24. The molecule has 6 heteroatoms. The van der Waals surface area contributed by atoms with Crippen LogP contribution in [0.1, 0.15) is 34.9 Å². The first-order chi connectivity index (χ1) is 10.1. The van der Waals surface area contributed by atoms with Crippen molar-refractivity contribution in [3.05, 3.63) is 47.8 Å². The van der Waals surface area contributed by atoms with Crippen molar-refractivity contribution >= 4 is 5.97 Å². The van der Waals surface area contributed by atoms with Gasteiger partial charge in [-0.2, -0.15) is 0 Å². The minimum atomic E-state index is -1.03. The lowest BCUT2D eigenvalue weighted by atomic mass is 9.98. The van der Waals surface area contributed by atoms with Crippen LogP contribution in [0.5, 0.6) is 0 Å². The van der Waals surface area contributed by atoms with Gasteiger partial charge in [0.25, 0.3) is 0 Å². The van der Waals surface area contributed by atoms with Crippen LogP contribution in [0.2, 0.25) is 0 Å². The molecule has 1 aromatic carbocycles. The number of hydrogen-bond acceptors (Lipinski definition) is 4. The molecule has 1 fully saturated rings. The van der Waals surface area contributed by atoms with Crippen molar-refractivity contribution < 1.29 is 9.90 Å². The SMILES string of the molecule is CC(CN1CC(n2cc(C(=O)O)nn2)C1)c1ccccc1. The van der Waals surface area contributed by atoms with Gasteiger partial charge in [-0.05, 0) is 11.5 Å². The Labute approximate surface area is 123 Å². The van der Waals surface area contributed by atoms with Gasteiger partial charge in [0.15, 0.2) is 5.69 Å². The summed E-state index contributed by atoms with van der Waals surface area (Å²) in [5, 5.41) is 16.4. The summed E-state index contributed by atoms with van der Waals surface area (Å²) < 4.78 is 1.66. The molecule has 21 heavy (non-hydrogen) atoms. The molecule has 0 radical (unpaired) electrons. The van der Waals surface area contributed by atoms with Crippen LogP contribution in [0.25, 0.3) is 0 Å². The van der Waals surface area contributed by atoms with E-state index in [1.165, 1.54) is 11.8 Å². The Morgan fingerprint density at radius 3 is 2.71 bits per heavy atom. The second kappa shape index (κ2) is 5.65. The number of benzene rings is 1. The minimum absolute atomic E-state index is 0.00565. The summed E-state index contributed by atoms with van der Waals surface area (Å²) >= 11 is 0. The second-order valence-electron chi connectivity index (χ2n) is 5.57. The molecule has 1 N–H and O–H groups in total. The molecular weight excluding hydrogens is 268 g/mol. The van der Waals surface area contributed by atoms with Crippen molar-refractivity contribution in [2.24, 2.45) is 0 Å². The van der Waals surface area contributed by atoms with Crippen molar-refractivity contribution in [1.29, 1.82) is 0 Å². The van der Waals surface area contributed by atoms with Gasteiger partial charge in [0.05, 0.1) is 12.2 Å². The summed E-state index contributed by atoms with van der Waals surface area (Å²) in [6.07, 6.45) is 1.50. The number of hydrogen-bond donors (Lipinski definition) is 1. The summed E-state index contributed by atoms with van der Waals surface area (Å²) in [5.74, 6) is -0.549. The summed E-state index contributed by atoms with van der Waals surface area (Å²) in [6, 6.07) is 10.7. The Hall–Kier alpha value is -2.21. The molecule has 3 rings (SSSR count). The van der Waals surface area contributed by atoms with Gasteiger partial charge in [0.2, 0.25) is 0 Å². The standard InChI is InChI=1S/C15H18N4O2/c1-11(12-5-3-2-4-6-12)7-18-8-13(9-18)19-10-14(15(20)21)16-17-19/h2-6,10-11,13H,7-9H2,1H3,(H,20,21). The first kappa shape index (κ1) is 13.8. The average Bonchev–Trinajstić information content (AvgIpc) is 2.92. The first-order valence-corrected chi connectivity index (χ1v) is 7.06. The zero-order valence-corrected chi connectivity index (χ0v) is 11.9. The van der Waals surface area contributed by atoms with Gasteiger partial charge in [-0.15, -0.1) is 5.10 Å². The molecule has 1 atom stereocenters. The molecule has 1 aliphatic heterocycles. The van der Waals surface area contributed by atoms with Gasteiger partial charge < -0.3 is 5.11 Å². The topological polar surface area (TPSA) is 71.2 Å². The summed E-state index contributed by atoms with van der Waals surface area (Å²) in [6.45, 7) is 5.00. The molecule has 1 aromatic heterocycles. The largest absolute Gasteiger partial charge is 0.476 e. The van der Waals surface area contributed by atoms with Crippen LogP contribution in [0.3, 0.4) is 0 Å². The maximum atomic E-state index is 10.8. The number of nitrogens with zero attached hydrogens (tertiary/aromatic N) is 4. The van der Waals surface area contributed by atoms with E-state index in [1.807, 2.05) is 6.07 Å². The molecule has 0 saturated carbocycles. The lowest BCUT2D eigenvalue weighted by Crippen LogP contribution is -2.49. The molecule has 2 heterocycles. The van der Waals surface area contributed by atoms with Crippen LogP contribution >= 0.6 is 0 Å². The van der Waals surface area contributed by atoms with Crippen LogP contribution in [0.4, 0.5) is 0 Å². The lowest BCUT2D eigenvalue weighted by Gasteiger charge is -2.40. The molecular formula is C15H18N4O2. The Kier molecular flexibility index (Phi) is 3.70. The van der Waals surface area contributed by atoms with E-state index in [1.54, 1.807) is 4.68 Å². The Morgan fingerprint density at radius 1 is 1.38 bits per heavy atom. The third-order valence-corrected chi connectivity index (χ3v) is 3.94. The molecule has 110 valence electrons. The number of rotatable bonds is 5. The fourth-order valence-electron chi connectivity index (χ4n) is 2.69. The van der Waals surface area contributed by atoms with E-state index in [9.17, 15) is 4.79 Å². The van der Waals surface area contributed by atoms with E-state index in [-0.39, 0.29) is 11.7 Å². The van der Waals surface area contributed by atoms with Crippen molar-refractivity contribution in [3.63, 3.8) is 0 Å². The summed E-state index contributed by atoms with van der Waals surface area (Å²) in [7, 11) is 0. The number of aromatic nitrogens is 3. The highest BCUT2D eigenvalue weighted by Gasteiger charge is 2.30. The highest BCUT2D eigenvalue weighted by atomic mass is 16.4. The fraction of sp³-hybridized carbons (Fsp3) is 0.400.